The summed E-state index contributed by atoms with van der Waals surface area (Å²) < 4.78 is 68.7. The lowest BCUT2D eigenvalue weighted by Gasteiger charge is -2.55. The Morgan fingerprint density at radius 3 is 2.43 bits per heavy atom. The molecular weight excluding hydrogens is 379 g/mol. The second-order valence-electron chi connectivity index (χ2n) is 8.87. The smallest absolute Gasteiger partial charge is 0.383 e. The quantitative estimate of drug-likeness (QED) is 0.616. The highest BCUT2D eigenvalue weighted by Gasteiger charge is 2.79. The van der Waals surface area contributed by atoms with Gasteiger partial charge in [0.25, 0.3) is 0 Å². The Labute approximate surface area is 160 Å². The predicted molar refractivity (Wildman–Crippen MR) is 92.7 cm³/mol. The van der Waals surface area contributed by atoms with Crippen LogP contribution in [0.25, 0.3) is 0 Å². The van der Waals surface area contributed by atoms with E-state index in [1.165, 1.54) is 0 Å². The maximum absolute atomic E-state index is 14.5. The molecule has 0 heterocycles. The van der Waals surface area contributed by atoms with Gasteiger partial charge in [-0.25, -0.2) is 0 Å². The van der Waals surface area contributed by atoms with Crippen molar-refractivity contribution in [2.24, 2.45) is 17.3 Å². The second-order valence-corrected chi connectivity index (χ2v) is 8.87. The molecule has 7 heteroatoms. The van der Waals surface area contributed by atoms with E-state index in [4.69, 9.17) is 0 Å². The first kappa shape index (κ1) is 20.0. The molecule has 0 radical (unpaired) electrons. The Balaban J connectivity index is 1.77. The summed E-state index contributed by atoms with van der Waals surface area (Å²) in [5.41, 5.74) is -1.23. The molecule has 4 aliphatic rings. The van der Waals surface area contributed by atoms with Crippen LogP contribution in [0, 0.1) is 17.3 Å². The first-order chi connectivity index (χ1) is 13.0. The Morgan fingerprint density at radius 2 is 1.79 bits per heavy atom. The molecular formula is C21H25F5O2. The van der Waals surface area contributed by atoms with Crippen LogP contribution in [0.2, 0.25) is 0 Å². The first-order valence-electron chi connectivity index (χ1n) is 10.1. The van der Waals surface area contributed by atoms with Crippen molar-refractivity contribution in [1.29, 1.82) is 0 Å². The van der Waals surface area contributed by atoms with Crippen molar-refractivity contribution in [3.8, 4) is 0 Å². The fourth-order valence-electron chi connectivity index (χ4n) is 6.81. The highest BCUT2D eigenvalue weighted by Crippen LogP contribution is 2.69. The van der Waals surface area contributed by atoms with E-state index in [-0.39, 0.29) is 36.9 Å². The average molecular weight is 404 g/mol. The number of rotatable bonds is 2. The fraction of sp³-hybridized carbons (Fsp3) is 0.762. The number of carbonyl (C=O) groups excluding carboxylic acids is 1. The van der Waals surface area contributed by atoms with Crippen molar-refractivity contribution in [1.82, 2.24) is 0 Å². The summed E-state index contributed by atoms with van der Waals surface area (Å²) in [5, 5.41) is 10.9. The molecule has 4 atom stereocenters. The molecule has 156 valence electrons. The van der Waals surface area contributed by atoms with Gasteiger partial charge < -0.3 is 5.11 Å². The maximum Gasteiger partial charge on any atom is 0.456 e. The van der Waals surface area contributed by atoms with E-state index >= 15 is 0 Å². The van der Waals surface area contributed by atoms with Crippen LogP contribution in [0.3, 0.4) is 0 Å². The molecule has 0 aromatic heterocycles. The summed E-state index contributed by atoms with van der Waals surface area (Å²) >= 11 is 0. The topological polar surface area (TPSA) is 37.3 Å². The highest BCUT2D eigenvalue weighted by atomic mass is 19.4. The number of alkyl halides is 5. The summed E-state index contributed by atoms with van der Waals surface area (Å²) in [6, 6.07) is 0. The van der Waals surface area contributed by atoms with Gasteiger partial charge in [0, 0.05) is 11.8 Å². The zero-order valence-corrected chi connectivity index (χ0v) is 15.8. The molecule has 0 aromatic carbocycles. The largest absolute Gasteiger partial charge is 0.456 e. The van der Waals surface area contributed by atoms with Gasteiger partial charge >= 0.3 is 12.1 Å². The van der Waals surface area contributed by atoms with E-state index in [0.29, 0.717) is 32.1 Å². The summed E-state index contributed by atoms with van der Waals surface area (Å²) in [5.74, 6) is -5.50. The molecule has 0 aliphatic heterocycles. The third-order valence-electron chi connectivity index (χ3n) is 8.09. The van der Waals surface area contributed by atoms with Gasteiger partial charge in [0.05, 0.1) is 0 Å². The van der Waals surface area contributed by atoms with Gasteiger partial charge in [-0.05, 0) is 80.4 Å². The highest BCUT2D eigenvalue weighted by molar-refractivity contribution is 5.93. The number of aliphatic hydroxyl groups is 1. The van der Waals surface area contributed by atoms with Crippen molar-refractivity contribution in [3.05, 3.63) is 22.8 Å². The van der Waals surface area contributed by atoms with E-state index < -0.39 is 29.5 Å². The van der Waals surface area contributed by atoms with Crippen LogP contribution in [-0.4, -0.2) is 28.6 Å². The molecule has 2 saturated carbocycles. The number of hydrogen-bond acceptors (Lipinski definition) is 2. The molecule has 28 heavy (non-hydrogen) atoms. The lowest BCUT2D eigenvalue weighted by atomic mass is 9.52. The number of fused-ring (bicyclic) bond motifs is 4. The maximum atomic E-state index is 14.5. The molecule has 1 unspecified atom stereocenters. The molecule has 4 aliphatic carbocycles. The third-order valence-corrected chi connectivity index (χ3v) is 8.09. The van der Waals surface area contributed by atoms with Crippen LogP contribution in [0.1, 0.15) is 64.7 Å². The molecule has 2 fully saturated rings. The van der Waals surface area contributed by atoms with Crippen LogP contribution in [0.4, 0.5) is 22.0 Å². The van der Waals surface area contributed by atoms with E-state index in [9.17, 15) is 31.9 Å². The number of halogens is 5. The van der Waals surface area contributed by atoms with Gasteiger partial charge in [-0.15, -0.1) is 0 Å². The summed E-state index contributed by atoms with van der Waals surface area (Å²) in [6.45, 7) is 1.63. The average Bonchev–Trinajstić information content (AvgIpc) is 2.95. The van der Waals surface area contributed by atoms with Crippen LogP contribution >= 0.6 is 0 Å². The minimum absolute atomic E-state index is 0.0767. The van der Waals surface area contributed by atoms with Crippen LogP contribution in [0.15, 0.2) is 22.8 Å². The number of hydrogen-bond donors (Lipinski definition) is 1. The second kappa shape index (κ2) is 6.13. The van der Waals surface area contributed by atoms with Gasteiger partial charge in [0.2, 0.25) is 0 Å². The van der Waals surface area contributed by atoms with Crippen molar-refractivity contribution in [3.63, 3.8) is 0 Å². The number of carbonyl (C=O) groups is 1. The van der Waals surface area contributed by atoms with Crippen molar-refractivity contribution >= 4 is 5.78 Å². The van der Waals surface area contributed by atoms with Gasteiger partial charge in [-0.1, -0.05) is 12.5 Å². The van der Waals surface area contributed by atoms with E-state index in [2.05, 4.69) is 0 Å². The normalized spacial score (nSPS) is 38.7. The fourth-order valence-corrected chi connectivity index (χ4v) is 6.81. The Kier molecular flexibility index (Phi) is 4.39. The zero-order valence-electron chi connectivity index (χ0n) is 15.8. The van der Waals surface area contributed by atoms with Gasteiger partial charge in [0.1, 0.15) is 5.60 Å². The van der Waals surface area contributed by atoms with Crippen molar-refractivity contribution in [2.45, 2.75) is 82.4 Å². The van der Waals surface area contributed by atoms with Crippen molar-refractivity contribution in [2.75, 3.05) is 0 Å². The van der Waals surface area contributed by atoms with Gasteiger partial charge in [-0.3, -0.25) is 4.79 Å². The minimum atomic E-state index is -5.77. The Hall–Kier alpha value is -1.24. The van der Waals surface area contributed by atoms with Crippen LogP contribution < -0.4 is 0 Å². The van der Waals surface area contributed by atoms with E-state index in [0.717, 1.165) is 16.7 Å². The van der Waals surface area contributed by atoms with Crippen LogP contribution in [-0.2, 0) is 4.79 Å². The SMILES string of the molecule is CCC12CCC3=C4CCC(=O)C=C4CC[C@H]3[C@@H]1CC[C@@]2(O)C(F)(F)C(F)(F)F. The molecule has 0 saturated heterocycles. The molecule has 0 aromatic rings. The van der Waals surface area contributed by atoms with E-state index in [1.807, 2.05) is 0 Å². The van der Waals surface area contributed by atoms with Crippen LogP contribution in [0.5, 0.6) is 0 Å². The zero-order chi connectivity index (χ0) is 20.5. The Bertz CT molecular complexity index is 765. The molecule has 0 amide bonds. The molecule has 1 N–H and O–H groups in total. The lowest BCUT2D eigenvalue weighted by molar-refractivity contribution is -0.364. The summed E-state index contributed by atoms with van der Waals surface area (Å²) in [4.78, 5) is 11.7. The molecule has 0 spiro atoms. The van der Waals surface area contributed by atoms with Crippen molar-refractivity contribution < 1.29 is 31.9 Å². The summed E-state index contributed by atoms with van der Waals surface area (Å²) in [7, 11) is 0. The third kappa shape index (κ3) is 2.37. The summed E-state index contributed by atoms with van der Waals surface area (Å²) in [6.07, 6.45) is -1.44. The van der Waals surface area contributed by atoms with Gasteiger partial charge in [0.15, 0.2) is 5.78 Å². The molecule has 0 bridgehead atoms. The minimum Gasteiger partial charge on any atom is -0.383 e. The molecule has 2 nitrogen and oxygen atoms in total. The predicted octanol–water partition coefficient (Wildman–Crippen LogP) is 5.51. The monoisotopic (exact) mass is 404 g/mol. The van der Waals surface area contributed by atoms with E-state index in [1.54, 1.807) is 13.0 Å². The molecule has 4 rings (SSSR count). The number of ketones is 1. The Morgan fingerprint density at radius 1 is 1.07 bits per heavy atom. The number of allylic oxidation sites excluding steroid dienone is 4. The van der Waals surface area contributed by atoms with Gasteiger partial charge in [-0.2, -0.15) is 22.0 Å². The lowest BCUT2D eigenvalue weighted by Crippen LogP contribution is -2.65. The first-order valence-corrected chi connectivity index (χ1v) is 10.1. The standard InChI is InChI=1S/C21H25F5O2/c1-2-18-9-7-15-14-6-4-13(27)11-12(14)3-5-16(15)17(18)8-10-19(18,28)20(22,23)21(24,25)26/h11,16-17,28H,2-10H2,1H3/t16-,17+,18?,19+/m1/s1.